The molecule has 0 aliphatic heterocycles. The molecule has 2 N–H and O–H groups in total. The quantitative estimate of drug-likeness (QED) is 0.187. The van der Waals surface area contributed by atoms with Gasteiger partial charge in [0.2, 0.25) is 0 Å². The second-order valence-corrected chi connectivity index (χ2v) is 8.25. The molecule has 0 saturated carbocycles. The number of unbranched alkanes of at least 4 members (excludes halogenated alkanes) is 8. The number of carbonyl (C=O) groups is 1. The lowest BCUT2D eigenvalue weighted by Crippen LogP contribution is -2.30. The average Bonchev–Trinajstić information content (AvgIpc) is 2.60. The summed E-state index contributed by atoms with van der Waals surface area (Å²) in [5.41, 5.74) is 8.41. The molecule has 0 unspecified atom stereocenters. The van der Waals surface area contributed by atoms with Crippen LogP contribution in [0.3, 0.4) is 0 Å². The molecule has 0 bridgehead atoms. The van der Waals surface area contributed by atoms with Gasteiger partial charge >= 0.3 is 5.97 Å². The van der Waals surface area contributed by atoms with E-state index in [1.54, 1.807) is 6.92 Å². The third-order valence-corrected chi connectivity index (χ3v) is 4.91. The number of esters is 1. The van der Waals surface area contributed by atoms with Gasteiger partial charge in [0, 0.05) is 11.1 Å². The summed E-state index contributed by atoms with van der Waals surface area (Å²) in [6.45, 7) is 11.6. The molecule has 3 nitrogen and oxygen atoms in total. The molecule has 0 fully saturated rings. The summed E-state index contributed by atoms with van der Waals surface area (Å²) in [5, 5.41) is 0. The molecular weight excluding hydrogens is 334 g/mol. The zero-order valence-electron chi connectivity index (χ0n) is 17.9. The van der Waals surface area contributed by atoms with Crippen molar-refractivity contribution in [3.05, 3.63) is 41.5 Å². The van der Waals surface area contributed by atoms with Gasteiger partial charge in [0.25, 0.3) is 0 Å². The van der Waals surface area contributed by atoms with Crippen LogP contribution in [0.2, 0.25) is 0 Å². The van der Waals surface area contributed by atoms with Crippen LogP contribution in [0.1, 0.15) is 96.6 Å². The molecule has 0 heterocycles. The number of nitrogens with two attached hydrogens (primary N) is 1. The SMILES string of the molecule is C=C(C)C(=O)Oc1cccc(C(C)(C)N)c1CCCCCCCCCCC. The molecule has 0 amide bonds. The molecule has 1 aromatic carbocycles. The molecule has 0 saturated heterocycles. The fraction of sp³-hybridized carbons (Fsp3) is 0.625. The highest BCUT2D eigenvalue weighted by Gasteiger charge is 2.22. The van der Waals surface area contributed by atoms with Crippen molar-refractivity contribution < 1.29 is 9.53 Å². The molecule has 27 heavy (non-hydrogen) atoms. The van der Waals surface area contributed by atoms with E-state index in [1.807, 2.05) is 32.0 Å². The third kappa shape index (κ3) is 8.75. The summed E-state index contributed by atoms with van der Waals surface area (Å²) in [6.07, 6.45) is 12.5. The van der Waals surface area contributed by atoms with E-state index in [1.165, 1.54) is 51.4 Å². The molecule has 0 aliphatic rings. The second-order valence-electron chi connectivity index (χ2n) is 8.25. The lowest BCUT2D eigenvalue weighted by atomic mass is 9.88. The second kappa shape index (κ2) is 12.0. The summed E-state index contributed by atoms with van der Waals surface area (Å²) >= 11 is 0. The van der Waals surface area contributed by atoms with Crippen molar-refractivity contribution in [3.63, 3.8) is 0 Å². The Hall–Kier alpha value is -1.61. The van der Waals surface area contributed by atoms with Crippen molar-refractivity contribution in [1.29, 1.82) is 0 Å². The Labute approximate surface area is 166 Å². The molecule has 0 radical (unpaired) electrons. The van der Waals surface area contributed by atoms with Crippen molar-refractivity contribution in [3.8, 4) is 5.75 Å². The van der Waals surface area contributed by atoms with Crippen molar-refractivity contribution in [2.75, 3.05) is 0 Å². The Kier molecular flexibility index (Phi) is 10.4. The summed E-state index contributed by atoms with van der Waals surface area (Å²) in [4.78, 5) is 12.0. The van der Waals surface area contributed by atoms with E-state index >= 15 is 0 Å². The van der Waals surface area contributed by atoms with Gasteiger partial charge in [0.1, 0.15) is 5.75 Å². The fourth-order valence-corrected chi connectivity index (χ4v) is 3.32. The van der Waals surface area contributed by atoms with E-state index in [0.29, 0.717) is 11.3 Å². The summed E-state index contributed by atoms with van der Waals surface area (Å²) in [6, 6.07) is 5.81. The Morgan fingerprint density at radius 3 is 2.11 bits per heavy atom. The summed E-state index contributed by atoms with van der Waals surface area (Å²) in [5.74, 6) is 0.244. The van der Waals surface area contributed by atoms with Crippen LogP contribution >= 0.6 is 0 Å². The van der Waals surface area contributed by atoms with E-state index < -0.39 is 5.54 Å². The monoisotopic (exact) mass is 373 g/mol. The molecule has 0 aromatic heterocycles. The lowest BCUT2D eigenvalue weighted by molar-refractivity contribution is -0.130. The van der Waals surface area contributed by atoms with E-state index in [4.69, 9.17) is 10.5 Å². The molecule has 0 spiro atoms. The molecule has 3 heteroatoms. The number of hydrogen-bond donors (Lipinski definition) is 1. The molecule has 1 rings (SSSR count). The van der Waals surface area contributed by atoms with Gasteiger partial charge in [-0.05, 0) is 50.8 Å². The maximum atomic E-state index is 12.0. The number of ether oxygens (including phenoxy) is 1. The highest BCUT2D eigenvalue weighted by Crippen LogP contribution is 2.31. The van der Waals surface area contributed by atoms with Crippen molar-refractivity contribution in [1.82, 2.24) is 0 Å². The van der Waals surface area contributed by atoms with Crippen LogP contribution < -0.4 is 10.5 Å². The van der Waals surface area contributed by atoms with Crippen LogP contribution in [-0.4, -0.2) is 5.97 Å². The first kappa shape index (κ1) is 23.4. The smallest absolute Gasteiger partial charge is 0.338 e. The van der Waals surface area contributed by atoms with Crippen LogP contribution in [0.15, 0.2) is 30.4 Å². The largest absolute Gasteiger partial charge is 0.423 e. The van der Waals surface area contributed by atoms with Gasteiger partial charge in [0.15, 0.2) is 0 Å². The molecule has 0 atom stereocenters. The Morgan fingerprint density at radius 1 is 1.04 bits per heavy atom. The Bertz CT molecular complexity index is 599. The highest BCUT2D eigenvalue weighted by molar-refractivity contribution is 5.89. The lowest BCUT2D eigenvalue weighted by Gasteiger charge is -2.24. The summed E-state index contributed by atoms with van der Waals surface area (Å²) < 4.78 is 5.58. The first-order valence-corrected chi connectivity index (χ1v) is 10.6. The normalized spacial score (nSPS) is 11.4. The predicted molar refractivity (Wildman–Crippen MR) is 115 cm³/mol. The predicted octanol–water partition coefficient (Wildman–Crippen LogP) is 6.44. The van der Waals surface area contributed by atoms with Crippen LogP contribution in [0.5, 0.6) is 5.75 Å². The first-order valence-electron chi connectivity index (χ1n) is 10.6. The van der Waals surface area contributed by atoms with Crippen molar-refractivity contribution >= 4 is 5.97 Å². The molecule has 152 valence electrons. The minimum Gasteiger partial charge on any atom is -0.423 e. The molecule has 1 aromatic rings. The summed E-state index contributed by atoms with van der Waals surface area (Å²) in [7, 11) is 0. The van der Waals surface area contributed by atoms with Crippen LogP contribution in [0.25, 0.3) is 0 Å². The van der Waals surface area contributed by atoms with E-state index in [2.05, 4.69) is 13.5 Å². The average molecular weight is 374 g/mol. The van der Waals surface area contributed by atoms with Crippen molar-refractivity contribution in [2.24, 2.45) is 5.73 Å². The zero-order chi connectivity index (χ0) is 20.3. The van der Waals surface area contributed by atoms with Gasteiger partial charge in [-0.3, -0.25) is 0 Å². The van der Waals surface area contributed by atoms with Gasteiger partial charge in [-0.25, -0.2) is 4.79 Å². The maximum absolute atomic E-state index is 12.0. The van der Waals surface area contributed by atoms with Crippen LogP contribution in [0.4, 0.5) is 0 Å². The number of benzene rings is 1. The third-order valence-electron chi connectivity index (χ3n) is 4.91. The number of carbonyl (C=O) groups excluding carboxylic acids is 1. The molecule has 0 aliphatic carbocycles. The van der Waals surface area contributed by atoms with Gasteiger partial charge in [-0.1, -0.05) is 77.0 Å². The highest BCUT2D eigenvalue weighted by atomic mass is 16.5. The Morgan fingerprint density at radius 2 is 1.59 bits per heavy atom. The van der Waals surface area contributed by atoms with Gasteiger partial charge in [-0.15, -0.1) is 0 Å². The van der Waals surface area contributed by atoms with Gasteiger partial charge in [-0.2, -0.15) is 0 Å². The van der Waals surface area contributed by atoms with Crippen molar-refractivity contribution in [2.45, 2.75) is 97.4 Å². The topological polar surface area (TPSA) is 52.3 Å². The van der Waals surface area contributed by atoms with Gasteiger partial charge in [0.05, 0.1) is 0 Å². The van der Waals surface area contributed by atoms with Gasteiger partial charge < -0.3 is 10.5 Å². The van der Waals surface area contributed by atoms with E-state index in [9.17, 15) is 4.79 Å². The Balaban J connectivity index is 2.65. The number of hydrogen-bond acceptors (Lipinski definition) is 3. The maximum Gasteiger partial charge on any atom is 0.338 e. The zero-order valence-corrected chi connectivity index (χ0v) is 17.9. The van der Waals surface area contributed by atoms with Crippen LogP contribution in [0, 0.1) is 0 Å². The minimum absolute atomic E-state index is 0.379. The van der Waals surface area contributed by atoms with E-state index in [-0.39, 0.29) is 5.97 Å². The number of rotatable bonds is 13. The standard InChI is InChI=1S/C24H39NO2/c1-6-7-8-9-10-11-12-13-14-16-20-21(24(4,5)25)17-15-18-22(20)27-23(26)19(2)3/h15,17-18H,2,6-14,16,25H2,1,3-5H3. The first-order chi connectivity index (χ1) is 12.8. The fourth-order valence-electron chi connectivity index (χ4n) is 3.32. The van der Waals surface area contributed by atoms with E-state index in [0.717, 1.165) is 24.0 Å². The minimum atomic E-state index is -0.472. The molecular formula is C24H39NO2. The van der Waals surface area contributed by atoms with Crippen LogP contribution in [-0.2, 0) is 16.8 Å².